The summed E-state index contributed by atoms with van der Waals surface area (Å²) in [6.45, 7) is 6.69. The Bertz CT molecular complexity index is 605. The van der Waals surface area contributed by atoms with Gasteiger partial charge in [0.1, 0.15) is 50.8 Å². The topological polar surface area (TPSA) is 40.5 Å². The number of quaternary nitrogens is 2. The number of hydrogen-bond donors (Lipinski definition) is 2. The highest BCUT2D eigenvalue weighted by Gasteiger charge is 2.24. The minimum Gasteiger partial charge on any atom is -0.497 e. The van der Waals surface area contributed by atoms with Crippen LogP contribution in [0.15, 0.2) is 41.0 Å². The molecule has 3 rings (SSSR count). The lowest BCUT2D eigenvalue weighted by molar-refractivity contribution is -1.02. The van der Waals surface area contributed by atoms with Crippen LogP contribution in [0.25, 0.3) is 0 Å². The van der Waals surface area contributed by atoms with Crippen molar-refractivity contribution in [1.29, 1.82) is 0 Å². The van der Waals surface area contributed by atoms with E-state index in [9.17, 15) is 0 Å². The quantitative estimate of drug-likeness (QED) is 0.774. The Labute approximate surface area is 137 Å². The van der Waals surface area contributed by atoms with E-state index in [1.807, 2.05) is 18.2 Å². The van der Waals surface area contributed by atoms with E-state index >= 15 is 0 Å². The van der Waals surface area contributed by atoms with Crippen molar-refractivity contribution in [1.82, 2.24) is 0 Å². The molecule has 0 unspecified atom stereocenters. The van der Waals surface area contributed by atoms with E-state index in [0.29, 0.717) is 0 Å². The maximum Gasteiger partial charge on any atom is 0.157 e. The number of rotatable bonds is 6. The molecule has 0 spiro atoms. The molecule has 0 saturated carbocycles. The van der Waals surface area contributed by atoms with Crippen LogP contribution in [0.5, 0.6) is 11.5 Å². The Kier molecular flexibility index (Phi) is 5.20. The molecule has 23 heavy (non-hydrogen) atoms. The number of hydrogen-bond acceptors (Lipinski definition) is 3. The van der Waals surface area contributed by atoms with Gasteiger partial charge in [-0.3, -0.25) is 0 Å². The summed E-state index contributed by atoms with van der Waals surface area (Å²) in [7, 11) is 3.40. The molecule has 1 aromatic carbocycles. The molecule has 2 heterocycles. The van der Waals surface area contributed by atoms with E-state index in [0.717, 1.165) is 30.3 Å². The van der Waals surface area contributed by atoms with Gasteiger partial charge < -0.3 is 23.7 Å². The number of furan rings is 1. The van der Waals surface area contributed by atoms with Crippen LogP contribution < -0.4 is 19.3 Å². The van der Waals surface area contributed by atoms with Gasteiger partial charge in [0.2, 0.25) is 0 Å². The largest absolute Gasteiger partial charge is 0.497 e. The molecule has 0 amide bonds. The van der Waals surface area contributed by atoms with Crippen molar-refractivity contribution in [3.05, 3.63) is 47.9 Å². The van der Waals surface area contributed by atoms with E-state index in [-0.39, 0.29) is 0 Å². The summed E-state index contributed by atoms with van der Waals surface area (Å²) >= 11 is 0. The second-order valence-corrected chi connectivity index (χ2v) is 6.11. The van der Waals surface area contributed by atoms with E-state index < -0.39 is 0 Å². The molecule has 5 heteroatoms. The molecule has 1 aliphatic heterocycles. The predicted molar refractivity (Wildman–Crippen MR) is 87.1 cm³/mol. The fourth-order valence-corrected chi connectivity index (χ4v) is 3.24. The molecule has 124 valence electrons. The van der Waals surface area contributed by atoms with Crippen LogP contribution in [0, 0.1) is 0 Å². The summed E-state index contributed by atoms with van der Waals surface area (Å²) in [6, 6.07) is 10.1. The van der Waals surface area contributed by atoms with Crippen molar-refractivity contribution in [2.24, 2.45) is 0 Å². The highest BCUT2D eigenvalue weighted by atomic mass is 16.5. The van der Waals surface area contributed by atoms with Crippen LogP contribution in [-0.4, -0.2) is 40.4 Å². The van der Waals surface area contributed by atoms with Crippen molar-refractivity contribution < 1.29 is 23.7 Å². The van der Waals surface area contributed by atoms with Gasteiger partial charge in [0.05, 0.1) is 20.5 Å². The first-order chi connectivity index (χ1) is 11.3. The van der Waals surface area contributed by atoms with Gasteiger partial charge in [-0.25, -0.2) is 0 Å². The Morgan fingerprint density at radius 3 is 2.30 bits per heavy atom. The van der Waals surface area contributed by atoms with Crippen LogP contribution in [0.1, 0.15) is 11.3 Å². The highest BCUT2D eigenvalue weighted by Crippen LogP contribution is 2.23. The lowest BCUT2D eigenvalue weighted by atomic mass is 10.1. The van der Waals surface area contributed by atoms with Gasteiger partial charge in [0, 0.05) is 11.6 Å². The van der Waals surface area contributed by atoms with E-state index in [2.05, 4.69) is 12.1 Å². The van der Waals surface area contributed by atoms with Gasteiger partial charge in [-0.1, -0.05) is 0 Å². The second-order valence-electron chi connectivity index (χ2n) is 6.11. The Morgan fingerprint density at radius 1 is 0.957 bits per heavy atom. The zero-order valence-electron chi connectivity index (χ0n) is 13.9. The summed E-state index contributed by atoms with van der Waals surface area (Å²) in [6.07, 6.45) is 1.76. The van der Waals surface area contributed by atoms with Gasteiger partial charge in [-0.15, -0.1) is 0 Å². The first kappa shape index (κ1) is 15.9. The van der Waals surface area contributed by atoms with E-state index in [1.165, 1.54) is 31.7 Å². The van der Waals surface area contributed by atoms with Crippen LogP contribution in [0.3, 0.4) is 0 Å². The lowest BCUT2D eigenvalue weighted by Crippen LogP contribution is -3.27. The Balaban J connectivity index is 1.54. The number of benzene rings is 1. The van der Waals surface area contributed by atoms with Gasteiger partial charge >= 0.3 is 0 Å². The smallest absolute Gasteiger partial charge is 0.157 e. The summed E-state index contributed by atoms with van der Waals surface area (Å²) in [5.41, 5.74) is 1.25. The zero-order valence-corrected chi connectivity index (χ0v) is 13.9. The molecule has 0 radical (unpaired) electrons. The lowest BCUT2D eigenvalue weighted by Gasteiger charge is -2.29. The van der Waals surface area contributed by atoms with Crippen LogP contribution in [0.2, 0.25) is 0 Å². The molecule has 1 saturated heterocycles. The van der Waals surface area contributed by atoms with Crippen molar-refractivity contribution >= 4 is 0 Å². The van der Waals surface area contributed by atoms with Crippen molar-refractivity contribution in [2.45, 2.75) is 13.1 Å². The third kappa shape index (κ3) is 4.06. The van der Waals surface area contributed by atoms with E-state index in [4.69, 9.17) is 13.9 Å². The van der Waals surface area contributed by atoms with E-state index in [1.54, 1.807) is 30.3 Å². The monoisotopic (exact) mass is 318 g/mol. The average molecular weight is 318 g/mol. The molecule has 1 aromatic heterocycles. The molecule has 2 N–H and O–H groups in total. The maximum atomic E-state index is 5.51. The van der Waals surface area contributed by atoms with Gasteiger partial charge in [-0.2, -0.15) is 0 Å². The fraction of sp³-hybridized carbons (Fsp3) is 0.444. The van der Waals surface area contributed by atoms with Crippen LogP contribution in [-0.2, 0) is 13.1 Å². The molecule has 2 aromatic rings. The summed E-state index contributed by atoms with van der Waals surface area (Å²) in [5, 5.41) is 0. The Morgan fingerprint density at radius 2 is 1.70 bits per heavy atom. The number of ether oxygens (including phenoxy) is 2. The predicted octanol–water partition coefficient (Wildman–Crippen LogP) is -0.220. The SMILES string of the molecule is COc1ccc(C[NH+]2CC[NH+](Cc3ccco3)CC2)c(OC)c1. The third-order valence-electron chi connectivity index (χ3n) is 4.60. The first-order valence-electron chi connectivity index (χ1n) is 8.19. The minimum absolute atomic E-state index is 0.841. The summed E-state index contributed by atoms with van der Waals surface area (Å²) in [5.74, 6) is 2.84. The van der Waals surface area contributed by atoms with Crippen LogP contribution in [0.4, 0.5) is 0 Å². The molecule has 0 bridgehead atoms. The first-order valence-corrected chi connectivity index (χ1v) is 8.19. The number of nitrogens with one attached hydrogen (secondary N) is 2. The van der Waals surface area contributed by atoms with Crippen molar-refractivity contribution in [2.75, 3.05) is 40.4 Å². The molecule has 1 aliphatic rings. The summed E-state index contributed by atoms with van der Waals surface area (Å²) < 4.78 is 16.2. The molecular formula is C18H26N2O3+2. The highest BCUT2D eigenvalue weighted by molar-refractivity contribution is 5.40. The standard InChI is InChI=1S/C18H24N2O3/c1-21-16-6-5-15(18(12-16)22-2)13-19-7-9-20(10-8-19)14-17-4-3-11-23-17/h3-6,11-12H,7-10,13-14H2,1-2H3/p+2. The molecule has 0 aliphatic carbocycles. The van der Waals surface area contributed by atoms with Gasteiger partial charge in [0.25, 0.3) is 0 Å². The van der Waals surface area contributed by atoms with Gasteiger partial charge in [-0.05, 0) is 24.3 Å². The van der Waals surface area contributed by atoms with Crippen molar-refractivity contribution in [3.63, 3.8) is 0 Å². The zero-order chi connectivity index (χ0) is 16.1. The second kappa shape index (κ2) is 7.53. The Hall–Kier alpha value is -1.98. The molecule has 1 fully saturated rings. The minimum atomic E-state index is 0.841. The maximum absolute atomic E-state index is 5.51. The van der Waals surface area contributed by atoms with Crippen LogP contribution >= 0.6 is 0 Å². The number of piperazine rings is 1. The molecular weight excluding hydrogens is 292 g/mol. The van der Waals surface area contributed by atoms with Crippen molar-refractivity contribution in [3.8, 4) is 11.5 Å². The normalized spacial score (nSPS) is 21.1. The number of methoxy groups -OCH3 is 2. The third-order valence-corrected chi connectivity index (χ3v) is 4.60. The summed E-state index contributed by atoms with van der Waals surface area (Å²) in [4.78, 5) is 3.21. The average Bonchev–Trinajstić information content (AvgIpc) is 3.10. The molecule has 0 atom stereocenters. The van der Waals surface area contributed by atoms with Gasteiger partial charge in [0.15, 0.2) is 5.76 Å². The fourth-order valence-electron chi connectivity index (χ4n) is 3.24. The molecule has 5 nitrogen and oxygen atoms in total.